The number of hydrogen-bond acceptors (Lipinski definition) is 4. The van der Waals surface area contributed by atoms with E-state index < -0.39 is 5.41 Å². The third kappa shape index (κ3) is 3.94. The first-order valence-electron chi connectivity index (χ1n) is 7.33. The van der Waals surface area contributed by atoms with Gasteiger partial charge in [-0.05, 0) is 45.6 Å². The summed E-state index contributed by atoms with van der Waals surface area (Å²) < 4.78 is 5.92. The molecule has 5 heteroatoms. The Hall–Kier alpha value is -2.09. The number of pyridine rings is 1. The lowest BCUT2D eigenvalue weighted by molar-refractivity contribution is -0.126. The maximum atomic E-state index is 11.9. The molecule has 0 aromatic carbocycles. The van der Waals surface area contributed by atoms with Crippen LogP contribution in [0.4, 0.5) is 0 Å². The predicted octanol–water partition coefficient (Wildman–Crippen LogP) is 2.57. The molecule has 5 nitrogen and oxygen atoms in total. The quantitative estimate of drug-likeness (QED) is 0.903. The Bertz CT molecular complexity index is 543. The van der Waals surface area contributed by atoms with Crippen LogP contribution in [0.25, 0.3) is 0 Å². The van der Waals surface area contributed by atoms with Crippen molar-refractivity contribution in [3.05, 3.63) is 23.9 Å². The summed E-state index contributed by atoms with van der Waals surface area (Å²) >= 11 is 0. The molecule has 0 spiro atoms. The van der Waals surface area contributed by atoms with Crippen LogP contribution in [0.3, 0.4) is 0 Å². The molecule has 1 saturated carbocycles. The molecule has 0 radical (unpaired) electrons. The molecule has 1 aliphatic carbocycles. The van der Waals surface area contributed by atoms with Gasteiger partial charge in [0.1, 0.15) is 11.5 Å². The number of carbonyl (C=O) groups is 1. The van der Waals surface area contributed by atoms with E-state index in [1.165, 1.54) is 12.8 Å². The highest BCUT2D eigenvalue weighted by Crippen LogP contribution is 2.25. The van der Waals surface area contributed by atoms with E-state index in [0.717, 1.165) is 18.4 Å². The molecule has 1 N–H and O–H groups in total. The molecule has 1 amide bonds. The predicted molar refractivity (Wildman–Crippen MR) is 78.4 cm³/mol. The zero-order valence-electron chi connectivity index (χ0n) is 12.6. The summed E-state index contributed by atoms with van der Waals surface area (Å²) in [6.45, 7) is 3.52. The van der Waals surface area contributed by atoms with E-state index >= 15 is 0 Å². The van der Waals surface area contributed by atoms with Crippen LogP contribution in [-0.4, -0.2) is 17.0 Å². The smallest absolute Gasteiger partial charge is 0.240 e. The number of carbonyl (C=O) groups excluding carboxylic acids is 1. The molecule has 21 heavy (non-hydrogen) atoms. The standard InChI is InChI=1S/C16H21N3O2/c1-16(2,11-17)15(20)19-10-12-6-5-9-18-14(12)21-13-7-3-4-8-13/h5-6,9,13H,3-4,7-8,10H2,1-2H3,(H,19,20). The number of nitrogens with one attached hydrogen (secondary N) is 1. The van der Waals surface area contributed by atoms with Crippen molar-refractivity contribution in [1.82, 2.24) is 10.3 Å². The molecule has 1 aromatic rings. The van der Waals surface area contributed by atoms with Gasteiger partial charge in [0.15, 0.2) is 0 Å². The van der Waals surface area contributed by atoms with Crippen LogP contribution >= 0.6 is 0 Å². The average Bonchev–Trinajstić information content (AvgIpc) is 2.99. The number of nitriles is 1. The third-order valence-corrected chi connectivity index (χ3v) is 3.72. The van der Waals surface area contributed by atoms with Gasteiger partial charge in [0, 0.05) is 18.3 Å². The summed E-state index contributed by atoms with van der Waals surface area (Å²) in [5.74, 6) is 0.292. The highest BCUT2D eigenvalue weighted by atomic mass is 16.5. The molecular formula is C16H21N3O2. The zero-order chi connectivity index (χ0) is 15.3. The number of aromatic nitrogens is 1. The number of hydrogen-bond donors (Lipinski definition) is 1. The lowest BCUT2D eigenvalue weighted by atomic mass is 9.95. The number of ether oxygens (including phenoxy) is 1. The summed E-state index contributed by atoms with van der Waals surface area (Å²) in [6.07, 6.45) is 6.42. The van der Waals surface area contributed by atoms with Crippen molar-refractivity contribution in [3.63, 3.8) is 0 Å². The molecule has 112 valence electrons. The van der Waals surface area contributed by atoms with Crippen molar-refractivity contribution in [2.75, 3.05) is 0 Å². The van der Waals surface area contributed by atoms with Gasteiger partial charge in [-0.3, -0.25) is 4.79 Å². The fourth-order valence-electron chi connectivity index (χ4n) is 2.28. The van der Waals surface area contributed by atoms with E-state index in [9.17, 15) is 4.79 Å². The van der Waals surface area contributed by atoms with Gasteiger partial charge >= 0.3 is 0 Å². The summed E-state index contributed by atoms with van der Waals surface area (Å²) in [7, 11) is 0. The van der Waals surface area contributed by atoms with Crippen LogP contribution < -0.4 is 10.1 Å². The van der Waals surface area contributed by atoms with Crippen molar-refractivity contribution in [2.24, 2.45) is 5.41 Å². The molecule has 2 rings (SSSR count). The first kappa shape index (κ1) is 15.3. The average molecular weight is 287 g/mol. The second-order valence-corrected chi connectivity index (χ2v) is 5.91. The topological polar surface area (TPSA) is 75.0 Å². The fourth-order valence-corrected chi connectivity index (χ4v) is 2.28. The Morgan fingerprint density at radius 1 is 1.52 bits per heavy atom. The zero-order valence-corrected chi connectivity index (χ0v) is 12.6. The summed E-state index contributed by atoms with van der Waals surface area (Å²) in [5, 5.41) is 11.7. The molecular weight excluding hydrogens is 266 g/mol. The Balaban J connectivity index is 2.00. The van der Waals surface area contributed by atoms with Gasteiger partial charge in [0.2, 0.25) is 11.8 Å². The van der Waals surface area contributed by atoms with Crippen molar-refractivity contribution in [1.29, 1.82) is 5.26 Å². The van der Waals surface area contributed by atoms with Crippen LogP contribution in [-0.2, 0) is 11.3 Å². The summed E-state index contributed by atoms with van der Waals surface area (Å²) in [5.41, 5.74) is -0.194. The fraction of sp³-hybridized carbons (Fsp3) is 0.562. The van der Waals surface area contributed by atoms with Crippen molar-refractivity contribution < 1.29 is 9.53 Å². The minimum atomic E-state index is -1.03. The van der Waals surface area contributed by atoms with Crippen LogP contribution in [0, 0.1) is 16.7 Å². The van der Waals surface area contributed by atoms with Crippen LogP contribution in [0.5, 0.6) is 5.88 Å². The van der Waals surface area contributed by atoms with Crippen molar-refractivity contribution >= 4 is 5.91 Å². The van der Waals surface area contributed by atoms with Gasteiger partial charge in [0.05, 0.1) is 6.07 Å². The van der Waals surface area contributed by atoms with Gasteiger partial charge < -0.3 is 10.1 Å². The second-order valence-electron chi connectivity index (χ2n) is 5.91. The Morgan fingerprint density at radius 3 is 2.90 bits per heavy atom. The first-order chi connectivity index (χ1) is 10.0. The Morgan fingerprint density at radius 2 is 2.24 bits per heavy atom. The van der Waals surface area contributed by atoms with Crippen molar-refractivity contribution in [2.45, 2.75) is 52.2 Å². The minimum absolute atomic E-state index is 0.227. The maximum Gasteiger partial charge on any atom is 0.240 e. The molecule has 0 unspecified atom stereocenters. The van der Waals surface area contributed by atoms with E-state index in [0.29, 0.717) is 12.4 Å². The minimum Gasteiger partial charge on any atom is -0.474 e. The molecule has 1 aromatic heterocycles. The van der Waals surface area contributed by atoms with E-state index in [4.69, 9.17) is 10.00 Å². The van der Waals surface area contributed by atoms with Gasteiger partial charge in [-0.1, -0.05) is 6.07 Å². The maximum absolute atomic E-state index is 11.9. The molecule has 1 aliphatic rings. The molecule has 0 atom stereocenters. The molecule has 1 fully saturated rings. The Labute approximate surface area is 125 Å². The molecule has 0 bridgehead atoms. The number of rotatable bonds is 5. The summed E-state index contributed by atoms with van der Waals surface area (Å²) in [4.78, 5) is 16.2. The SMILES string of the molecule is CC(C)(C#N)C(=O)NCc1cccnc1OC1CCCC1. The lowest BCUT2D eigenvalue weighted by Gasteiger charge is -2.18. The third-order valence-electron chi connectivity index (χ3n) is 3.72. The van der Waals surface area contributed by atoms with Crippen molar-refractivity contribution in [3.8, 4) is 11.9 Å². The summed E-state index contributed by atoms with van der Waals surface area (Å²) in [6, 6.07) is 5.70. The van der Waals surface area contributed by atoms with Gasteiger partial charge in [-0.25, -0.2) is 4.98 Å². The van der Waals surface area contributed by atoms with Gasteiger partial charge in [-0.15, -0.1) is 0 Å². The Kier molecular flexibility index (Phi) is 4.79. The first-order valence-corrected chi connectivity index (χ1v) is 7.33. The van der Waals surface area contributed by atoms with Crippen LogP contribution in [0.15, 0.2) is 18.3 Å². The van der Waals surface area contributed by atoms with Crippen LogP contribution in [0.1, 0.15) is 45.1 Å². The number of amides is 1. The van der Waals surface area contributed by atoms with E-state index in [-0.39, 0.29) is 12.0 Å². The monoisotopic (exact) mass is 287 g/mol. The molecule has 0 aliphatic heterocycles. The largest absolute Gasteiger partial charge is 0.474 e. The lowest BCUT2D eigenvalue weighted by Crippen LogP contribution is -2.35. The van der Waals surface area contributed by atoms with E-state index in [1.807, 2.05) is 18.2 Å². The van der Waals surface area contributed by atoms with E-state index in [2.05, 4.69) is 10.3 Å². The van der Waals surface area contributed by atoms with Gasteiger partial charge in [0.25, 0.3) is 0 Å². The molecule has 1 heterocycles. The second kappa shape index (κ2) is 6.57. The highest BCUT2D eigenvalue weighted by molar-refractivity contribution is 5.84. The highest BCUT2D eigenvalue weighted by Gasteiger charge is 2.27. The van der Waals surface area contributed by atoms with Crippen LogP contribution in [0.2, 0.25) is 0 Å². The number of nitrogens with zero attached hydrogens (tertiary/aromatic N) is 2. The molecule has 0 saturated heterocycles. The van der Waals surface area contributed by atoms with Gasteiger partial charge in [-0.2, -0.15) is 5.26 Å². The normalized spacial score (nSPS) is 15.5. The van der Waals surface area contributed by atoms with E-state index in [1.54, 1.807) is 20.0 Å².